The fourth-order valence-electron chi connectivity index (χ4n) is 2.64. The van der Waals surface area contributed by atoms with Gasteiger partial charge in [0, 0.05) is 27.7 Å². The first-order valence-electron chi connectivity index (χ1n) is 8.77. The van der Waals surface area contributed by atoms with Crippen molar-refractivity contribution in [3.05, 3.63) is 98.9 Å². The van der Waals surface area contributed by atoms with Crippen molar-refractivity contribution in [3.63, 3.8) is 0 Å². The number of aromatic nitrogens is 1. The number of hydrogen-bond acceptors (Lipinski definition) is 3. The summed E-state index contributed by atoms with van der Waals surface area (Å²) in [6.45, 7) is 2.34. The van der Waals surface area contributed by atoms with Gasteiger partial charge in [0.25, 0.3) is 5.56 Å². The largest absolute Gasteiger partial charge is 0.489 e. The van der Waals surface area contributed by atoms with Crippen LogP contribution in [0.3, 0.4) is 0 Å². The fraction of sp³-hybridized carbons (Fsp3) is 0.182. The van der Waals surface area contributed by atoms with Crippen molar-refractivity contribution in [2.45, 2.75) is 24.9 Å². The van der Waals surface area contributed by atoms with Crippen molar-refractivity contribution >= 4 is 33.3 Å². The molecule has 2 aromatic carbocycles. The first kappa shape index (κ1) is 20.4. The van der Waals surface area contributed by atoms with Crippen LogP contribution in [-0.4, -0.2) is 10.4 Å². The molecule has 4 nitrogen and oxygen atoms in total. The van der Waals surface area contributed by atoms with Crippen molar-refractivity contribution in [3.8, 4) is 5.75 Å². The van der Waals surface area contributed by atoms with Crippen LogP contribution in [0.2, 0.25) is 5.02 Å². The number of benzene rings is 2. The van der Waals surface area contributed by atoms with Crippen LogP contribution in [0, 0.1) is 0 Å². The van der Waals surface area contributed by atoms with Crippen molar-refractivity contribution in [2.24, 2.45) is 0 Å². The molecule has 1 atom stereocenters. The molecule has 1 aromatic heterocycles. The normalized spacial score (nSPS) is 11.8. The number of ether oxygens (including phenoxy) is 1. The van der Waals surface area contributed by atoms with Crippen molar-refractivity contribution in [2.75, 3.05) is 0 Å². The monoisotopic (exact) mass is 459 g/mol. The van der Waals surface area contributed by atoms with Gasteiger partial charge in [-0.05, 0) is 36.2 Å². The Morgan fingerprint density at radius 1 is 1.11 bits per heavy atom. The van der Waals surface area contributed by atoms with Crippen LogP contribution < -0.4 is 10.3 Å². The molecule has 1 heterocycles. The van der Waals surface area contributed by atoms with Crippen LogP contribution in [0.15, 0.2) is 71.7 Å². The highest BCUT2D eigenvalue weighted by Gasteiger charge is 2.10. The Hall–Kier alpha value is -2.37. The van der Waals surface area contributed by atoms with Crippen LogP contribution >= 0.6 is 27.5 Å². The Morgan fingerprint density at radius 3 is 2.39 bits per heavy atom. The number of alkyl halides is 1. The molecule has 0 aliphatic heterocycles. The second-order valence-electron chi connectivity index (χ2n) is 6.40. The number of hydrogen-bond donors (Lipinski definition) is 0. The summed E-state index contributed by atoms with van der Waals surface area (Å²) in [6.07, 6.45) is 1.58. The number of nitrogens with zero attached hydrogens (tertiary/aromatic N) is 1. The minimum absolute atomic E-state index is 0.0144. The third-order valence-corrected chi connectivity index (χ3v) is 5.07. The average Bonchev–Trinajstić information content (AvgIpc) is 2.69. The first-order valence-corrected chi connectivity index (χ1v) is 10.1. The second kappa shape index (κ2) is 9.22. The summed E-state index contributed by atoms with van der Waals surface area (Å²) in [7, 11) is 0. The summed E-state index contributed by atoms with van der Waals surface area (Å²) < 4.78 is 7.02. The van der Waals surface area contributed by atoms with Crippen LogP contribution in [0.5, 0.6) is 5.75 Å². The lowest BCUT2D eigenvalue weighted by Gasteiger charge is -2.09. The molecular weight excluding hydrogens is 442 g/mol. The number of rotatable bonds is 7. The minimum Gasteiger partial charge on any atom is -0.489 e. The third kappa shape index (κ3) is 5.33. The smallest absolute Gasteiger partial charge is 0.254 e. The van der Waals surface area contributed by atoms with Crippen molar-refractivity contribution in [1.29, 1.82) is 0 Å². The predicted molar refractivity (Wildman–Crippen MR) is 115 cm³/mol. The molecule has 6 heteroatoms. The summed E-state index contributed by atoms with van der Waals surface area (Å²) >= 11 is 9.36. The molecular formula is C22H19BrClNO3. The number of carbonyl (C=O) groups excluding carboxylic acids is 1. The van der Waals surface area contributed by atoms with Gasteiger partial charge in [0.1, 0.15) is 12.4 Å². The van der Waals surface area contributed by atoms with E-state index in [9.17, 15) is 9.59 Å². The highest BCUT2D eigenvalue weighted by Crippen LogP contribution is 2.21. The maximum atomic E-state index is 12.5. The quantitative estimate of drug-likeness (QED) is 0.349. The van der Waals surface area contributed by atoms with E-state index in [1.165, 1.54) is 10.6 Å². The highest BCUT2D eigenvalue weighted by atomic mass is 79.9. The van der Waals surface area contributed by atoms with Gasteiger partial charge in [0.2, 0.25) is 0 Å². The maximum Gasteiger partial charge on any atom is 0.254 e. The molecule has 0 spiro atoms. The zero-order valence-electron chi connectivity index (χ0n) is 15.3. The SMILES string of the molecule is CC(Br)c1ccc(C(=O)Cn2ccc(OCc3ccc(Cl)cc3)cc2=O)cc1. The number of carbonyl (C=O) groups is 1. The van der Waals surface area contributed by atoms with E-state index in [2.05, 4.69) is 15.9 Å². The molecule has 0 saturated heterocycles. The lowest BCUT2D eigenvalue weighted by molar-refractivity contribution is 0.0970. The van der Waals surface area contributed by atoms with Gasteiger partial charge in [-0.1, -0.05) is 63.9 Å². The number of halogens is 2. The van der Waals surface area contributed by atoms with E-state index in [1.54, 1.807) is 36.5 Å². The summed E-state index contributed by atoms with van der Waals surface area (Å²) in [5.41, 5.74) is 2.33. The number of pyridine rings is 1. The summed E-state index contributed by atoms with van der Waals surface area (Å²) in [6, 6.07) is 17.7. The number of Topliss-reactive ketones (excluding diaryl/α,β-unsaturated/α-hetero) is 1. The van der Waals surface area contributed by atoms with Gasteiger partial charge in [-0.25, -0.2) is 0 Å². The fourth-order valence-corrected chi connectivity index (χ4v) is 3.07. The van der Waals surface area contributed by atoms with Crippen LogP contribution in [0.25, 0.3) is 0 Å². The second-order valence-corrected chi connectivity index (χ2v) is 8.21. The van der Waals surface area contributed by atoms with E-state index >= 15 is 0 Å². The Kier molecular flexibility index (Phi) is 6.70. The molecule has 0 bridgehead atoms. The molecule has 144 valence electrons. The Labute approximate surface area is 176 Å². The van der Waals surface area contributed by atoms with Crippen LogP contribution in [0.1, 0.15) is 33.2 Å². The molecule has 0 fully saturated rings. The van der Waals surface area contributed by atoms with E-state index < -0.39 is 0 Å². The Bertz CT molecular complexity index is 1010. The zero-order valence-corrected chi connectivity index (χ0v) is 17.6. The van der Waals surface area contributed by atoms with Gasteiger partial charge in [-0.2, -0.15) is 0 Å². The van der Waals surface area contributed by atoms with Gasteiger partial charge >= 0.3 is 0 Å². The van der Waals surface area contributed by atoms with Crippen molar-refractivity contribution < 1.29 is 9.53 Å². The van der Waals surface area contributed by atoms with E-state index in [0.717, 1.165) is 11.1 Å². The van der Waals surface area contributed by atoms with Gasteiger partial charge in [0.05, 0.1) is 6.54 Å². The highest BCUT2D eigenvalue weighted by molar-refractivity contribution is 9.09. The van der Waals surface area contributed by atoms with Gasteiger partial charge in [-0.15, -0.1) is 0 Å². The molecule has 3 rings (SSSR count). The molecule has 3 aromatic rings. The van der Waals surface area contributed by atoms with Crippen LogP contribution in [0.4, 0.5) is 0 Å². The maximum absolute atomic E-state index is 12.5. The lowest BCUT2D eigenvalue weighted by Crippen LogP contribution is -2.23. The third-order valence-electron chi connectivity index (χ3n) is 4.29. The average molecular weight is 461 g/mol. The summed E-state index contributed by atoms with van der Waals surface area (Å²) in [4.78, 5) is 25.0. The van der Waals surface area contributed by atoms with E-state index in [1.807, 2.05) is 31.2 Å². The molecule has 0 radical (unpaired) electrons. The predicted octanol–water partition coefficient (Wildman–Crippen LogP) is 5.42. The molecule has 0 amide bonds. The van der Waals surface area contributed by atoms with Gasteiger partial charge < -0.3 is 9.30 Å². The topological polar surface area (TPSA) is 48.3 Å². The Morgan fingerprint density at radius 2 is 1.79 bits per heavy atom. The molecule has 0 aliphatic rings. The summed E-state index contributed by atoms with van der Waals surface area (Å²) in [5.74, 6) is 0.338. The summed E-state index contributed by atoms with van der Waals surface area (Å²) in [5, 5.41) is 0.660. The standard InChI is InChI=1S/C22H19BrClNO3/c1-15(23)17-4-6-18(7-5-17)21(26)13-25-11-10-20(12-22(25)27)28-14-16-2-8-19(24)9-3-16/h2-12,15H,13-14H2,1H3. The lowest BCUT2D eigenvalue weighted by atomic mass is 10.1. The van der Waals surface area contributed by atoms with E-state index in [0.29, 0.717) is 22.9 Å². The molecule has 0 N–H and O–H groups in total. The van der Waals surface area contributed by atoms with Crippen LogP contribution in [-0.2, 0) is 13.2 Å². The molecule has 28 heavy (non-hydrogen) atoms. The number of ketones is 1. The molecule has 0 saturated carbocycles. The van der Waals surface area contributed by atoms with Gasteiger partial charge in [-0.3, -0.25) is 9.59 Å². The van der Waals surface area contributed by atoms with E-state index in [-0.39, 0.29) is 22.7 Å². The van der Waals surface area contributed by atoms with Gasteiger partial charge in [0.15, 0.2) is 5.78 Å². The first-order chi connectivity index (χ1) is 13.4. The molecule has 1 unspecified atom stereocenters. The Balaban J connectivity index is 1.64. The van der Waals surface area contributed by atoms with Crippen molar-refractivity contribution in [1.82, 2.24) is 4.57 Å². The minimum atomic E-state index is -0.285. The zero-order chi connectivity index (χ0) is 20.1. The van der Waals surface area contributed by atoms with E-state index in [4.69, 9.17) is 16.3 Å². The molecule has 0 aliphatic carbocycles.